The van der Waals surface area contributed by atoms with Crippen LogP contribution in [0.25, 0.3) is 11.1 Å². The van der Waals surface area contributed by atoms with Crippen molar-refractivity contribution in [1.29, 1.82) is 0 Å². The molecule has 0 unspecified atom stereocenters. The Labute approximate surface area is 122 Å². The number of esters is 1. The van der Waals surface area contributed by atoms with Crippen LogP contribution in [0, 0.1) is 0 Å². The van der Waals surface area contributed by atoms with Crippen LogP contribution in [0.15, 0.2) is 48.5 Å². The summed E-state index contributed by atoms with van der Waals surface area (Å²) in [6, 6.07) is 16.2. The molecule has 0 fully saturated rings. The Hall–Kier alpha value is -2.62. The van der Waals surface area contributed by atoms with Gasteiger partial charge in [-0.05, 0) is 22.3 Å². The van der Waals surface area contributed by atoms with Crippen LogP contribution in [0.5, 0.6) is 0 Å². The molecule has 1 aliphatic carbocycles. The SMILES string of the molecule is O=COCC(=O)OCC1c2ccccc2-c2ccccc21. The standard InChI is InChI=1S/C17H14O4/c18-11-20-10-17(19)21-9-16-14-7-3-1-5-12(14)13-6-2-4-8-15(13)16/h1-8,11,16H,9-10H2. The molecule has 0 atom stereocenters. The van der Waals surface area contributed by atoms with Gasteiger partial charge in [-0.3, -0.25) is 4.79 Å². The summed E-state index contributed by atoms with van der Waals surface area (Å²) in [6.07, 6.45) is 0. The monoisotopic (exact) mass is 282 g/mol. The zero-order valence-corrected chi connectivity index (χ0v) is 11.3. The predicted octanol–water partition coefficient (Wildman–Crippen LogP) is 2.52. The highest BCUT2D eigenvalue weighted by Crippen LogP contribution is 2.44. The molecule has 0 bridgehead atoms. The fourth-order valence-electron chi connectivity index (χ4n) is 2.76. The first kappa shape index (κ1) is 13.4. The second kappa shape index (κ2) is 5.79. The largest absolute Gasteiger partial charge is 0.462 e. The number of carbonyl (C=O) groups is 2. The lowest BCUT2D eigenvalue weighted by Gasteiger charge is -2.13. The second-order valence-electron chi connectivity index (χ2n) is 4.82. The molecule has 2 aromatic carbocycles. The Balaban J connectivity index is 1.82. The van der Waals surface area contributed by atoms with E-state index in [1.165, 1.54) is 11.1 Å². The molecule has 4 heteroatoms. The van der Waals surface area contributed by atoms with Gasteiger partial charge in [0.2, 0.25) is 0 Å². The quantitative estimate of drug-likeness (QED) is 0.624. The molecule has 0 saturated heterocycles. The second-order valence-corrected chi connectivity index (χ2v) is 4.82. The van der Waals surface area contributed by atoms with E-state index in [0.717, 1.165) is 11.1 Å². The van der Waals surface area contributed by atoms with Gasteiger partial charge in [0.1, 0.15) is 6.61 Å². The Bertz CT molecular complexity index is 632. The molecule has 0 heterocycles. The summed E-state index contributed by atoms with van der Waals surface area (Å²) in [5.74, 6) is -0.512. The zero-order chi connectivity index (χ0) is 14.7. The van der Waals surface area contributed by atoms with E-state index in [9.17, 15) is 9.59 Å². The average Bonchev–Trinajstić information content (AvgIpc) is 2.85. The Morgan fingerprint density at radius 2 is 1.57 bits per heavy atom. The van der Waals surface area contributed by atoms with Crippen LogP contribution in [-0.2, 0) is 19.1 Å². The highest BCUT2D eigenvalue weighted by molar-refractivity contribution is 5.79. The van der Waals surface area contributed by atoms with Gasteiger partial charge in [-0.15, -0.1) is 0 Å². The van der Waals surface area contributed by atoms with Crippen molar-refractivity contribution in [3.8, 4) is 11.1 Å². The van der Waals surface area contributed by atoms with Crippen molar-refractivity contribution in [2.24, 2.45) is 0 Å². The number of carbonyl (C=O) groups excluding carboxylic acids is 2. The van der Waals surface area contributed by atoms with Crippen molar-refractivity contribution in [2.75, 3.05) is 13.2 Å². The number of benzene rings is 2. The molecule has 0 aromatic heterocycles. The third-order valence-corrected chi connectivity index (χ3v) is 3.64. The Kier molecular flexibility index (Phi) is 3.69. The van der Waals surface area contributed by atoms with Gasteiger partial charge in [0.25, 0.3) is 6.47 Å². The third kappa shape index (κ3) is 2.52. The van der Waals surface area contributed by atoms with Gasteiger partial charge in [-0.25, -0.2) is 4.79 Å². The van der Waals surface area contributed by atoms with E-state index in [1.54, 1.807) is 0 Å². The molecule has 106 valence electrons. The van der Waals surface area contributed by atoms with E-state index in [0.29, 0.717) is 0 Å². The van der Waals surface area contributed by atoms with E-state index in [-0.39, 0.29) is 25.6 Å². The van der Waals surface area contributed by atoms with E-state index >= 15 is 0 Å². The predicted molar refractivity (Wildman–Crippen MR) is 76.7 cm³/mol. The van der Waals surface area contributed by atoms with Gasteiger partial charge in [0, 0.05) is 5.92 Å². The third-order valence-electron chi connectivity index (χ3n) is 3.64. The van der Waals surface area contributed by atoms with Gasteiger partial charge in [-0.2, -0.15) is 0 Å². The minimum atomic E-state index is -0.538. The van der Waals surface area contributed by atoms with Gasteiger partial charge in [0.15, 0.2) is 6.61 Å². The van der Waals surface area contributed by atoms with Crippen LogP contribution in [0.4, 0.5) is 0 Å². The summed E-state index contributed by atoms with van der Waals surface area (Å²) < 4.78 is 9.61. The molecule has 0 aliphatic heterocycles. The number of hydrogen-bond acceptors (Lipinski definition) is 4. The summed E-state index contributed by atoms with van der Waals surface area (Å²) in [5.41, 5.74) is 4.67. The summed E-state index contributed by atoms with van der Waals surface area (Å²) in [5, 5.41) is 0. The van der Waals surface area contributed by atoms with E-state index in [1.807, 2.05) is 24.3 Å². The summed E-state index contributed by atoms with van der Waals surface area (Å²) >= 11 is 0. The molecule has 2 aromatic rings. The van der Waals surface area contributed by atoms with E-state index in [4.69, 9.17) is 4.74 Å². The number of fused-ring (bicyclic) bond motifs is 3. The van der Waals surface area contributed by atoms with E-state index < -0.39 is 5.97 Å². The summed E-state index contributed by atoms with van der Waals surface area (Å²) in [4.78, 5) is 21.5. The van der Waals surface area contributed by atoms with Crippen LogP contribution < -0.4 is 0 Å². The lowest BCUT2D eigenvalue weighted by atomic mass is 9.98. The topological polar surface area (TPSA) is 52.6 Å². The Morgan fingerprint density at radius 1 is 1.00 bits per heavy atom. The van der Waals surface area contributed by atoms with Crippen LogP contribution in [-0.4, -0.2) is 25.7 Å². The van der Waals surface area contributed by atoms with Crippen molar-refractivity contribution in [3.05, 3.63) is 59.7 Å². The molecule has 0 amide bonds. The molecular weight excluding hydrogens is 268 g/mol. The van der Waals surface area contributed by atoms with Crippen LogP contribution in [0.1, 0.15) is 17.0 Å². The first-order chi connectivity index (χ1) is 10.3. The van der Waals surface area contributed by atoms with Crippen molar-refractivity contribution < 1.29 is 19.1 Å². The molecule has 1 aliphatic rings. The maximum Gasteiger partial charge on any atom is 0.344 e. The highest BCUT2D eigenvalue weighted by atomic mass is 16.6. The van der Waals surface area contributed by atoms with E-state index in [2.05, 4.69) is 29.0 Å². The van der Waals surface area contributed by atoms with Gasteiger partial charge in [-0.1, -0.05) is 48.5 Å². The average molecular weight is 282 g/mol. The smallest absolute Gasteiger partial charge is 0.344 e. The number of rotatable bonds is 5. The first-order valence-corrected chi connectivity index (χ1v) is 6.70. The van der Waals surface area contributed by atoms with Crippen molar-refractivity contribution in [2.45, 2.75) is 5.92 Å². The van der Waals surface area contributed by atoms with Gasteiger partial charge < -0.3 is 9.47 Å². The van der Waals surface area contributed by atoms with Crippen LogP contribution in [0.2, 0.25) is 0 Å². The van der Waals surface area contributed by atoms with Crippen LogP contribution in [0.3, 0.4) is 0 Å². The van der Waals surface area contributed by atoms with Crippen molar-refractivity contribution in [3.63, 3.8) is 0 Å². The highest BCUT2D eigenvalue weighted by Gasteiger charge is 2.28. The van der Waals surface area contributed by atoms with Crippen molar-refractivity contribution >= 4 is 12.4 Å². The molecule has 4 nitrogen and oxygen atoms in total. The molecular formula is C17H14O4. The first-order valence-electron chi connectivity index (χ1n) is 6.70. The Morgan fingerprint density at radius 3 is 2.14 bits per heavy atom. The molecule has 0 saturated carbocycles. The molecule has 21 heavy (non-hydrogen) atoms. The molecule has 0 radical (unpaired) electrons. The van der Waals surface area contributed by atoms with Crippen LogP contribution >= 0.6 is 0 Å². The fraction of sp³-hybridized carbons (Fsp3) is 0.176. The normalized spacial score (nSPS) is 12.4. The summed E-state index contributed by atoms with van der Waals surface area (Å²) in [7, 11) is 0. The molecule has 0 spiro atoms. The number of ether oxygens (including phenoxy) is 2. The lowest BCUT2D eigenvalue weighted by molar-refractivity contribution is -0.153. The summed E-state index contributed by atoms with van der Waals surface area (Å²) in [6.45, 7) is 0.135. The van der Waals surface area contributed by atoms with Gasteiger partial charge in [0.05, 0.1) is 0 Å². The van der Waals surface area contributed by atoms with Crippen molar-refractivity contribution in [1.82, 2.24) is 0 Å². The molecule has 3 rings (SSSR count). The maximum absolute atomic E-state index is 11.5. The fourth-order valence-corrected chi connectivity index (χ4v) is 2.76. The zero-order valence-electron chi connectivity index (χ0n) is 11.3. The minimum Gasteiger partial charge on any atom is -0.462 e. The molecule has 0 N–H and O–H groups in total. The van der Waals surface area contributed by atoms with Gasteiger partial charge >= 0.3 is 5.97 Å². The minimum absolute atomic E-state index is 0.0255. The maximum atomic E-state index is 11.5. The lowest BCUT2D eigenvalue weighted by Crippen LogP contribution is -2.16. The number of hydrogen-bond donors (Lipinski definition) is 0.